The molecule has 0 N–H and O–H groups in total. The van der Waals surface area contributed by atoms with Gasteiger partial charge in [0.2, 0.25) is 0 Å². The van der Waals surface area contributed by atoms with Crippen molar-refractivity contribution in [2.24, 2.45) is 4.99 Å². The first-order valence-electron chi connectivity index (χ1n) is 6.03. The highest BCUT2D eigenvalue weighted by molar-refractivity contribution is 5.83. The summed E-state index contributed by atoms with van der Waals surface area (Å²) >= 11 is 0. The van der Waals surface area contributed by atoms with Crippen LogP contribution < -0.4 is 0 Å². The summed E-state index contributed by atoms with van der Waals surface area (Å²) in [7, 11) is 0. The van der Waals surface area contributed by atoms with Gasteiger partial charge in [0.15, 0.2) is 0 Å². The average Bonchev–Trinajstić information content (AvgIpc) is 2.39. The zero-order valence-corrected chi connectivity index (χ0v) is 10.9. The first-order chi connectivity index (χ1) is 8.70. The molecule has 2 aromatic carbocycles. The van der Waals surface area contributed by atoms with Crippen LogP contribution in [0.3, 0.4) is 0 Å². The number of rotatable bonds is 3. The molecule has 18 heavy (non-hydrogen) atoms. The summed E-state index contributed by atoms with van der Waals surface area (Å²) in [4.78, 5) is 4.58. The van der Waals surface area contributed by atoms with E-state index in [0.717, 1.165) is 16.8 Å². The molecule has 0 aliphatic rings. The molecule has 1 heteroatoms. The Kier molecular flexibility index (Phi) is 3.73. The number of nitrogens with zero attached hydrogens (tertiary/aromatic N) is 1. The zero-order valence-electron chi connectivity index (χ0n) is 10.9. The van der Waals surface area contributed by atoms with E-state index in [0.29, 0.717) is 0 Å². The molecular weight excluding hydrogens is 218 g/mol. The van der Waals surface area contributed by atoms with Gasteiger partial charge in [-0.15, -0.1) is 0 Å². The van der Waals surface area contributed by atoms with Crippen LogP contribution in [0.4, 0.5) is 5.69 Å². The van der Waals surface area contributed by atoms with Gasteiger partial charge in [0.1, 0.15) is 0 Å². The van der Waals surface area contributed by atoms with Gasteiger partial charge < -0.3 is 0 Å². The van der Waals surface area contributed by atoms with Crippen molar-refractivity contribution in [3.05, 3.63) is 71.3 Å². The normalized spacial score (nSPS) is 10.8. The molecule has 0 aliphatic heterocycles. The smallest absolute Gasteiger partial charge is 0.0688 e. The van der Waals surface area contributed by atoms with Crippen molar-refractivity contribution < 1.29 is 0 Å². The zero-order chi connectivity index (χ0) is 13.0. The maximum atomic E-state index is 4.58. The maximum absolute atomic E-state index is 4.58. The number of para-hydroxylation sites is 1. The molecule has 0 fully saturated rings. The van der Waals surface area contributed by atoms with Crippen molar-refractivity contribution in [1.82, 2.24) is 0 Å². The van der Waals surface area contributed by atoms with Gasteiger partial charge in [-0.05, 0) is 36.1 Å². The molecule has 0 bridgehead atoms. The minimum Gasteiger partial charge on any atom is -0.256 e. The van der Waals surface area contributed by atoms with Crippen molar-refractivity contribution >= 4 is 18.0 Å². The van der Waals surface area contributed by atoms with Crippen LogP contribution in [0.2, 0.25) is 0 Å². The fourth-order valence-electron chi connectivity index (χ4n) is 1.87. The predicted octanol–water partition coefficient (Wildman–Crippen LogP) is 4.70. The Morgan fingerprint density at radius 2 is 1.44 bits per heavy atom. The molecule has 0 atom stereocenters. The second-order valence-corrected chi connectivity index (χ2v) is 4.37. The first-order valence-corrected chi connectivity index (χ1v) is 6.03. The van der Waals surface area contributed by atoms with Crippen molar-refractivity contribution in [3.63, 3.8) is 0 Å². The third kappa shape index (κ3) is 2.75. The maximum Gasteiger partial charge on any atom is 0.0688 e. The van der Waals surface area contributed by atoms with Crippen LogP contribution in [0.25, 0.3) is 6.08 Å². The molecule has 0 spiro atoms. The van der Waals surface area contributed by atoms with E-state index in [1.54, 1.807) is 0 Å². The molecule has 0 saturated heterocycles. The molecule has 0 heterocycles. The van der Waals surface area contributed by atoms with Crippen molar-refractivity contribution in [3.8, 4) is 0 Å². The monoisotopic (exact) mass is 235 g/mol. The van der Waals surface area contributed by atoms with Crippen LogP contribution >= 0.6 is 0 Å². The summed E-state index contributed by atoms with van der Waals surface area (Å²) in [5.41, 5.74) is 5.69. The molecule has 0 unspecified atom stereocenters. The average molecular weight is 235 g/mol. The van der Waals surface area contributed by atoms with Gasteiger partial charge in [0.05, 0.1) is 5.69 Å². The predicted molar refractivity (Wildman–Crippen MR) is 79.7 cm³/mol. The van der Waals surface area contributed by atoms with E-state index in [9.17, 15) is 0 Å². The van der Waals surface area contributed by atoms with Gasteiger partial charge in [0, 0.05) is 6.21 Å². The summed E-state index contributed by atoms with van der Waals surface area (Å²) in [5.74, 6) is 0. The number of benzene rings is 2. The van der Waals surface area contributed by atoms with E-state index in [2.05, 4.69) is 43.6 Å². The molecular formula is C17H17N. The lowest BCUT2D eigenvalue weighted by atomic mass is 10.1. The molecule has 2 rings (SSSR count). The Labute approximate surface area is 109 Å². The molecule has 90 valence electrons. The number of hydrogen-bond acceptors (Lipinski definition) is 1. The van der Waals surface area contributed by atoms with Crippen molar-refractivity contribution in [2.75, 3.05) is 0 Å². The van der Waals surface area contributed by atoms with Crippen LogP contribution in [0.5, 0.6) is 0 Å². The van der Waals surface area contributed by atoms with Crippen LogP contribution in [0, 0.1) is 13.8 Å². The highest BCUT2D eigenvalue weighted by Crippen LogP contribution is 2.22. The number of hydrogen-bond donors (Lipinski definition) is 0. The van der Waals surface area contributed by atoms with Gasteiger partial charge in [-0.3, -0.25) is 4.99 Å². The molecule has 0 radical (unpaired) electrons. The van der Waals surface area contributed by atoms with E-state index < -0.39 is 0 Å². The summed E-state index contributed by atoms with van der Waals surface area (Å²) in [6.07, 6.45) is 3.74. The van der Waals surface area contributed by atoms with Gasteiger partial charge in [-0.2, -0.15) is 0 Å². The highest BCUT2D eigenvalue weighted by atomic mass is 14.7. The van der Waals surface area contributed by atoms with E-state index >= 15 is 0 Å². The Morgan fingerprint density at radius 1 is 0.889 bits per heavy atom. The fraction of sp³-hybridized carbons (Fsp3) is 0.118. The van der Waals surface area contributed by atoms with E-state index in [-0.39, 0.29) is 0 Å². The Morgan fingerprint density at radius 3 is 2.00 bits per heavy atom. The third-order valence-electron chi connectivity index (χ3n) is 2.95. The second kappa shape index (κ2) is 5.46. The first kappa shape index (κ1) is 12.3. The van der Waals surface area contributed by atoms with Crippen LogP contribution in [0.1, 0.15) is 22.3 Å². The fourth-order valence-corrected chi connectivity index (χ4v) is 1.87. The Bertz CT molecular complexity index is 557. The van der Waals surface area contributed by atoms with Gasteiger partial charge in [-0.25, -0.2) is 0 Å². The standard InChI is InChI=1S/C17H17N/c1-4-15-8-10-16(11-9-15)12-18-17-13(2)6-5-7-14(17)3/h4-12H,1H2,2-3H3. The topological polar surface area (TPSA) is 12.4 Å². The lowest BCUT2D eigenvalue weighted by Crippen LogP contribution is -1.84. The molecule has 0 amide bonds. The Balaban J connectivity index is 2.27. The van der Waals surface area contributed by atoms with Gasteiger partial charge >= 0.3 is 0 Å². The molecule has 0 aliphatic carbocycles. The van der Waals surface area contributed by atoms with Crippen molar-refractivity contribution in [1.29, 1.82) is 0 Å². The minimum absolute atomic E-state index is 1.06. The minimum atomic E-state index is 1.06. The van der Waals surface area contributed by atoms with Crippen LogP contribution in [-0.4, -0.2) is 6.21 Å². The molecule has 1 nitrogen and oxygen atoms in total. The number of aliphatic imine (C=N–C) groups is 1. The summed E-state index contributed by atoms with van der Waals surface area (Å²) in [6.45, 7) is 7.91. The summed E-state index contributed by atoms with van der Waals surface area (Å²) < 4.78 is 0. The third-order valence-corrected chi connectivity index (χ3v) is 2.95. The molecule has 0 saturated carbocycles. The lowest BCUT2D eigenvalue weighted by Gasteiger charge is -2.03. The van der Waals surface area contributed by atoms with E-state index in [4.69, 9.17) is 0 Å². The largest absolute Gasteiger partial charge is 0.256 e. The Hall–Kier alpha value is -2.15. The molecule has 2 aromatic rings. The van der Waals surface area contributed by atoms with E-state index in [1.165, 1.54) is 11.1 Å². The van der Waals surface area contributed by atoms with E-state index in [1.807, 2.05) is 36.6 Å². The summed E-state index contributed by atoms with van der Waals surface area (Å²) in [6, 6.07) is 14.4. The van der Waals surface area contributed by atoms with Crippen LogP contribution in [-0.2, 0) is 0 Å². The quantitative estimate of drug-likeness (QED) is 0.684. The SMILES string of the molecule is C=Cc1ccc(C=Nc2c(C)cccc2C)cc1. The second-order valence-electron chi connectivity index (χ2n) is 4.37. The van der Waals surface area contributed by atoms with Crippen molar-refractivity contribution in [2.45, 2.75) is 13.8 Å². The highest BCUT2D eigenvalue weighted by Gasteiger charge is 1.98. The summed E-state index contributed by atoms with van der Waals surface area (Å²) in [5, 5.41) is 0. The molecule has 0 aromatic heterocycles. The van der Waals surface area contributed by atoms with Crippen LogP contribution in [0.15, 0.2) is 54.0 Å². The lowest BCUT2D eigenvalue weighted by molar-refractivity contribution is 1.33. The van der Waals surface area contributed by atoms with Gasteiger partial charge in [-0.1, -0.05) is 55.1 Å². The van der Waals surface area contributed by atoms with Gasteiger partial charge in [0.25, 0.3) is 0 Å². The number of aryl methyl sites for hydroxylation is 2.